The Balaban J connectivity index is 2.11. The van der Waals surface area contributed by atoms with E-state index in [2.05, 4.69) is 10.1 Å². The highest BCUT2D eigenvalue weighted by atomic mass is 19.1. The lowest BCUT2D eigenvalue weighted by Gasteiger charge is -2.06. The minimum atomic E-state index is -0.695. The van der Waals surface area contributed by atoms with E-state index >= 15 is 0 Å². The summed E-state index contributed by atoms with van der Waals surface area (Å²) in [5, 5.41) is 5.07. The highest BCUT2D eigenvalue weighted by molar-refractivity contribution is 5.97. The summed E-state index contributed by atoms with van der Waals surface area (Å²) in [5.41, 5.74) is 1.62. The van der Waals surface area contributed by atoms with Crippen LogP contribution in [0.15, 0.2) is 60.8 Å². The lowest BCUT2D eigenvalue weighted by molar-refractivity contribution is 0.403. The first-order valence-electron chi connectivity index (χ1n) is 7.62. The van der Waals surface area contributed by atoms with Crippen LogP contribution in [0.3, 0.4) is 0 Å². The topological polar surface area (TPSA) is 39.9 Å². The SMILES string of the molecule is COc1nccc2c1c(-c1ccccc1)nn2-c1c(F)cccc1F. The van der Waals surface area contributed by atoms with Crippen LogP contribution in [0, 0.1) is 11.6 Å². The van der Waals surface area contributed by atoms with Crippen LogP contribution in [0.4, 0.5) is 8.78 Å². The van der Waals surface area contributed by atoms with Crippen molar-refractivity contribution in [2.75, 3.05) is 7.11 Å². The van der Waals surface area contributed by atoms with Crippen molar-refractivity contribution in [2.24, 2.45) is 0 Å². The van der Waals surface area contributed by atoms with Gasteiger partial charge in [0.1, 0.15) is 11.4 Å². The zero-order valence-corrected chi connectivity index (χ0v) is 13.3. The summed E-state index contributed by atoms with van der Waals surface area (Å²) in [6.07, 6.45) is 1.52. The number of methoxy groups -OCH3 is 1. The highest BCUT2D eigenvalue weighted by Crippen LogP contribution is 2.35. The van der Waals surface area contributed by atoms with Crippen LogP contribution in [0.5, 0.6) is 5.88 Å². The molecule has 0 saturated heterocycles. The molecule has 0 fully saturated rings. The Morgan fingerprint density at radius 2 is 1.64 bits per heavy atom. The van der Waals surface area contributed by atoms with E-state index < -0.39 is 11.6 Å². The van der Waals surface area contributed by atoms with E-state index in [0.29, 0.717) is 22.5 Å². The van der Waals surface area contributed by atoms with E-state index in [1.807, 2.05) is 30.3 Å². The Morgan fingerprint density at radius 1 is 0.920 bits per heavy atom. The van der Waals surface area contributed by atoms with Crippen molar-refractivity contribution in [3.63, 3.8) is 0 Å². The molecule has 0 amide bonds. The van der Waals surface area contributed by atoms with Crippen LogP contribution in [-0.4, -0.2) is 21.9 Å². The third kappa shape index (κ3) is 2.42. The molecule has 2 heterocycles. The average molecular weight is 337 g/mol. The van der Waals surface area contributed by atoms with Crippen LogP contribution in [0.25, 0.3) is 27.8 Å². The number of hydrogen-bond donors (Lipinski definition) is 0. The Morgan fingerprint density at radius 3 is 2.32 bits per heavy atom. The minimum absolute atomic E-state index is 0.233. The van der Waals surface area contributed by atoms with Gasteiger partial charge in [-0.15, -0.1) is 0 Å². The quantitative estimate of drug-likeness (QED) is 0.557. The van der Waals surface area contributed by atoms with Gasteiger partial charge in [-0.25, -0.2) is 18.4 Å². The van der Waals surface area contributed by atoms with Crippen molar-refractivity contribution in [1.82, 2.24) is 14.8 Å². The van der Waals surface area contributed by atoms with Crippen LogP contribution in [-0.2, 0) is 0 Å². The lowest BCUT2D eigenvalue weighted by Crippen LogP contribution is -2.03. The molecule has 0 aliphatic heterocycles. The normalized spacial score (nSPS) is 11.0. The molecule has 4 nitrogen and oxygen atoms in total. The summed E-state index contributed by atoms with van der Waals surface area (Å²) in [6, 6.07) is 14.7. The summed E-state index contributed by atoms with van der Waals surface area (Å²) in [7, 11) is 1.50. The first kappa shape index (κ1) is 15.3. The molecule has 2 aromatic heterocycles. The maximum atomic E-state index is 14.3. The molecule has 2 aromatic carbocycles. The van der Waals surface area contributed by atoms with E-state index in [4.69, 9.17) is 4.74 Å². The molecule has 0 N–H and O–H groups in total. The number of halogens is 2. The largest absolute Gasteiger partial charge is 0.480 e. The number of nitrogens with zero attached hydrogens (tertiary/aromatic N) is 3. The number of ether oxygens (including phenoxy) is 1. The summed E-state index contributed by atoms with van der Waals surface area (Å²) in [5.74, 6) is -1.04. The van der Waals surface area contributed by atoms with Crippen LogP contribution >= 0.6 is 0 Å². The summed E-state index contributed by atoms with van der Waals surface area (Å²) >= 11 is 0. The molecule has 4 rings (SSSR count). The molecule has 0 spiro atoms. The van der Waals surface area contributed by atoms with Gasteiger partial charge in [0.2, 0.25) is 5.88 Å². The fourth-order valence-corrected chi connectivity index (χ4v) is 2.85. The van der Waals surface area contributed by atoms with Crippen molar-refractivity contribution < 1.29 is 13.5 Å². The second-order valence-corrected chi connectivity index (χ2v) is 5.41. The van der Waals surface area contributed by atoms with Gasteiger partial charge in [0.05, 0.1) is 18.0 Å². The molecule has 0 atom stereocenters. The fourth-order valence-electron chi connectivity index (χ4n) is 2.85. The van der Waals surface area contributed by atoms with Gasteiger partial charge in [0.15, 0.2) is 11.6 Å². The van der Waals surface area contributed by atoms with Crippen LogP contribution in [0.1, 0.15) is 0 Å². The monoisotopic (exact) mass is 337 g/mol. The third-order valence-corrected chi connectivity index (χ3v) is 3.95. The zero-order valence-electron chi connectivity index (χ0n) is 13.3. The van der Waals surface area contributed by atoms with Gasteiger partial charge in [-0.05, 0) is 18.2 Å². The Hall–Kier alpha value is -3.28. The Kier molecular flexibility index (Phi) is 3.65. The maximum Gasteiger partial charge on any atom is 0.224 e. The first-order chi connectivity index (χ1) is 12.2. The Labute approximate surface area is 142 Å². The number of para-hydroxylation sites is 1. The molecule has 0 aliphatic rings. The summed E-state index contributed by atoms with van der Waals surface area (Å²) in [6.45, 7) is 0. The van der Waals surface area contributed by atoms with Gasteiger partial charge in [-0.3, -0.25) is 0 Å². The van der Waals surface area contributed by atoms with E-state index in [0.717, 1.165) is 5.56 Å². The van der Waals surface area contributed by atoms with E-state index in [1.165, 1.54) is 36.2 Å². The molecule has 0 bridgehead atoms. The fraction of sp³-hybridized carbons (Fsp3) is 0.0526. The molecular weight excluding hydrogens is 324 g/mol. The first-order valence-corrected chi connectivity index (χ1v) is 7.62. The van der Waals surface area contributed by atoms with Gasteiger partial charge in [-0.1, -0.05) is 36.4 Å². The van der Waals surface area contributed by atoms with Crippen LogP contribution in [0.2, 0.25) is 0 Å². The maximum absolute atomic E-state index is 14.3. The molecule has 6 heteroatoms. The number of rotatable bonds is 3. The zero-order chi connectivity index (χ0) is 17.4. The average Bonchev–Trinajstić information content (AvgIpc) is 3.02. The number of hydrogen-bond acceptors (Lipinski definition) is 3. The summed E-state index contributed by atoms with van der Waals surface area (Å²) < 4.78 is 35.2. The second-order valence-electron chi connectivity index (χ2n) is 5.41. The van der Waals surface area contributed by atoms with E-state index in [1.54, 1.807) is 6.07 Å². The molecule has 124 valence electrons. The number of pyridine rings is 1. The van der Waals surface area contributed by atoms with Gasteiger partial charge in [0.25, 0.3) is 0 Å². The minimum Gasteiger partial charge on any atom is -0.480 e. The van der Waals surface area contributed by atoms with Crippen LogP contribution < -0.4 is 4.74 Å². The predicted molar refractivity (Wildman–Crippen MR) is 90.8 cm³/mol. The summed E-state index contributed by atoms with van der Waals surface area (Å²) in [4.78, 5) is 4.20. The molecule has 4 aromatic rings. The van der Waals surface area contributed by atoms with Gasteiger partial charge < -0.3 is 4.74 Å². The number of benzene rings is 2. The van der Waals surface area contributed by atoms with Gasteiger partial charge >= 0.3 is 0 Å². The molecule has 0 aliphatic carbocycles. The van der Waals surface area contributed by atoms with Gasteiger partial charge in [-0.2, -0.15) is 5.10 Å². The Bertz CT molecular complexity index is 1040. The predicted octanol–water partition coefficient (Wildman–Crippen LogP) is 4.37. The van der Waals surface area contributed by atoms with Crippen molar-refractivity contribution in [1.29, 1.82) is 0 Å². The smallest absolute Gasteiger partial charge is 0.224 e. The van der Waals surface area contributed by atoms with Crippen molar-refractivity contribution >= 4 is 10.9 Å². The van der Waals surface area contributed by atoms with Crippen molar-refractivity contribution in [3.8, 4) is 22.8 Å². The molecule has 25 heavy (non-hydrogen) atoms. The molecule has 0 saturated carbocycles. The lowest BCUT2D eigenvalue weighted by atomic mass is 10.1. The van der Waals surface area contributed by atoms with Crippen molar-refractivity contribution in [3.05, 3.63) is 72.4 Å². The van der Waals surface area contributed by atoms with E-state index in [-0.39, 0.29) is 5.69 Å². The molecule has 0 radical (unpaired) electrons. The standard InChI is InChI=1S/C19H13F2N3O/c1-25-19-16-15(10-11-22-19)24(18-13(20)8-5-9-14(18)21)23-17(16)12-6-3-2-4-7-12/h2-11H,1H3. The van der Waals surface area contributed by atoms with Crippen molar-refractivity contribution in [2.45, 2.75) is 0 Å². The second kappa shape index (κ2) is 5.98. The number of aromatic nitrogens is 3. The van der Waals surface area contributed by atoms with Gasteiger partial charge in [0, 0.05) is 11.8 Å². The highest BCUT2D eigenvalue weighted by Gasteiger charge is 2.21. The molecule has 0 unspecified atom stereocenters. The van der Waals surface area contributed by atoms with E-state index in [9.17, 15) is 8.78 Å². The molecular formula is C19H13F2N3O. The third-order valence-electron chi connectivity index (χ3n) is 3.95. The number of fused-ring (bicyclic) bond motifs is 1.